The topological polar surface area (TPSA) is 33.8 Å². The van der Waals surface area contributed by atoms with E-state index in [1.165, 1.54) is 11.1 Å². The van der Waals surface area contributed by atoms with Crippen molar-refractivity contribution in [2.24, 2.45) is 0 Å². The minimum Gasteiger partial charge on any atom is -0.292 e. The van der Waals surface area contributed by atoms with Gasteiger partial charge in [-0.05, 0) is 41.7 Å². The normalized spacial score (nSPS) is 9.79. The van der Waals surface area contributed by atoms with Gasteiger partial charge in [-0.2, -0.15) is 0 Å². The van der Waals surface area contributed by atoms with Crippen LogP contribution < -0.4 is 4.68 Å². The third kappa shape index (κ3) is 4.59. The van der Waals surface area contributed by atoms with Crippen molar-refractivity contribution in [2.45, 2.75) is 26.8 Å². The van der Waals surface area contributed by atoms with Crippen molar-refractivity contribution >= 4 is 5.78 Å². The first-order valence-electron chi connectivity index (χ1n) is 6.04. The summed E-state index contributed by atoms with van der Waals surface area (Å²) in [5.74, 6) is 0.177. The molecule has 0 aliphatic carbocycles. The first-order valence-corrected chi connectivity index (χ1v) is 6.04. The molecule has 1 radical (unpaired) electrons. The molecule has 0 N–H and O–H groups in total. The van der Waals surface area contributed by atoms with E-state index in [4.69, 9.17) is 0 Å². The van der Waals surface area contributed by atoms with Gasteiger partial charge in [0.05, 0.1) is 6.20 Å². The third-order valence-corrected chi connectivity index (χ3v) is 3.03. The predicted molar refractivity (Wildman–Crippen MR) is 69.1 cm³/mol. The molecule has 0 amide bonds. The summed E-state index contributed by atoms with van der Waals surface area (Å²) in [5.41, 5.74) is 3.49. The number of hydrogen-bond acceptors (Lipinski definition) is 2. The molecule has 0 saturated heterocycles. The van der Waals surface area contributed by atoms with Crippen molar-refractivity contribution in [3.63, 3.8) is 0 Å². The van der Waals surface area contributed by atoms with Gasteiger partial charge in [-0.15, -0.1) is 0 Å². The maximum absolute atomic E-state index is 12.0. The van der Waals surface area contributed by atoms with E-state index in [0.717, 1.165) is 5.56 Å². The first kappa shape index (κ1) is 16.1. The van der Waals surface area contributed by atoms with Crippen LogP contribution in [0.25, 0.3) is 0 Å². The molecule has 19 heavy (non-hydrogen) atoms. The smallest absolute Gasteiger partial charge is 0.232 e. The monoisotopic (exact) mass is 330 g/mol. The molecule has 0 bridgehead atoms. The van der Waals surface area contributed by atoms with Gasteiger partial charge in [0.15, 0.2) is 6.20 Å². The zero-order valence-corrected chi connectivity index (χ0v) is 14.2. The van der Waals surface area contributed by atoms with E-state index < -0.39 is 0 Å². The van der Waals surface area contributed by atoms with Gasteiger partial charge in [-0.1, -0.05) is 22.9 Å². The van der Waals surface area contributed by atoms with Crippen LogP contribution in [0.3, 0.4) is 0 Å². The molecule has 1 heterocycles. The number of ketones is 1. The van der Waals surface area contributed by atoms with Crippen LogP contribution in [0.1, 0.15) is 16.7 Å². The number of carbonyl (C=O) groups is 1. The van der Waals surface area contributed by atoms with Crippen LogP contribution in [0.15, 0.2) is 42.7 Å². The Balaban J connectivity index is 0.00000180. The second kappa shape index (κ2) is 7.61. The van der Waals surface area contributed by atoms with E-state index >= 15 is 0 Å². The maximum atomic E-state index is 12.0. The van der Waals surface area contributed by atoms with Crippen molar-refractivity contribution in [3.05, 3.63) is 59.4 Å². The Morgan fingerprint density at radius 3 is 2.42 bits per heavy atom. The molecule has 95 valence electrons. The number of nitrogens with zero attached hydrogens (tertiary/aromatic N) is 2. The summed E-state index contributed by atoms with van der Waals surface area (Å²) < 4.78 is 1.66. The Kier molecular flexibility index (Phi) is 6.46. The van der Waals surface area contributed by atoms with E-state index in [1.54, 1.807) is 10.9 Å². The summed E-state index contributed by atoms with van der Waals surface area (Å²) in [7, 11) is 0. The molecule has 2 rings (SSSR count). The average Bonchev–Trinajstić information content (AvgIpc) is 2.35. The molecule has 0 atom stereocenters. The van der Waals surface area contributed by atoms with Crippen LogP contribution in [-0.4, -0.2) is 10.9 Å². The number of benzene rings is 1. The molecular weight excluding hydrogens is 313 g/mol. The predicted octanol–water partition coefficient (Wildman–Crippen LogP) is 1.80. The fourth-order valence-corrected chi connectivity index (χ4v) is 2.02. The van der Waals surface area contributed by atoms with Gasteiger partial charge in [0.25, 0.3) is 0 Å². The average molecular weight is 330 g/mol. The second-order valence-corrected chi connectivity index (χ2v) is 4.48. The number of Topliss-reactive ketones (excluding diaryl/α,β-unsaturated/α-hetero) is 1. The molecular formula is C15H17N2OY+. The standard InChI is InChI=1S/C15H17N2O.Y/c1-12-6-5-7-13(2)15(12)10-14(18)11-17-9-4-3-8-16-17;/h3-9H,10-11H2,1-2H3;/q+1;. The van der Waals surface area contributed by atoms with E-state index in [9.17, 15) is 4.79 Å². The van der Waals surface area contributed by atoms with Crippen LogP contribution in [0.2, 0.25) is 0 Å². The number of hydrogen-bond donors (Lipinski definition) is 0. The fourth-order valence-electron chi connectivity index (χ4n) is 2.02. The number of aryl methyl sites for hydroxylation is 2. The molecule has 2 aromatic rings. The zero-order chi connectivity index (χ0) is 13.0. The SMILES string of the molecule is Cc1cccc(C)c1CC(=O)C[n+]1ccccn1.[Y]. The molecule has 0 aliphatic rings. The Morgan fingerprint density at radius 1 is 1.16 bits per heavy atom. The molecule has 0 aliphatic heterocycles. The summed E-state index contributed by atoms with van der Waals surface area (Å²) >= 11 is 0. The van der Waals surface area contributed by atoms with Crippen molar-refractivity contribution in [2.75, 3.05) is 0 Å². The molecule has 1 aromatic carbocycles. The van der Waals surface area contributed by atoms with Crippen molar-refractivity contribution < 1.29 is 42.2 Å². The fraction of sp³-hybridized carbons (Fsp3) is 0.267. The minimum atomic E-state index is 0. The van der Waals surface area contributed by atoms with E-state index in [2.05, 4.69) is 5.10 Å². The van der Waals surface area contributed by atoms with Gasteiger partial charge < -0.3 is 0 Å². The summed E-state index contributed by atoms with van der Waals surface area (Å²) in [6.45, 7) is 4.42. The van der Waals surface area contributed by atoms with E-state index in [-0.39, 0.29) is 38.5 Å². The van der Waals surface area contributed by atoms with E-state index in [1.807, 2.05) is 50.4 Å². The zero-order valence-electron chi connectivity index (χ0n) is 11.3. The van der Waals surface area contributed by atoms with Gasteiger partial charge in [0.2, 0.25) is 12.3 Å². The molecule has 3 nitrogen and oxygen atoms in total. The molecule has 1 aromatic heterocycles. The van der Waals surface area contributed by atoms with Crippen molar-refractivity contribution in [3.8, 4) is 0 Å². The largest absolute Gasteiger partial charge is 0.292 e. The molecule has 0 unspecified atom stereocenters. The van der Waals surface area contributed by atoms with Crippen molar-refractivity contribution in [1.82, 2.24) is 5.10 Å². The molecule has 0 fully saturated rings. The van der Waals surface area contributed by atoms with Gasteiger partial charge in [-0.25, -0.2) is 0 Å². The second-order valence-electron chi connectivity index (χ2n) is 4.48. The van der Waals surface area contributed by atoms with Crippen LogP contribution in [0.4, 0.5) is 0 Å². The molecule has 0 saturated carbocycles. The number of carbonyl (C=O) groups excluding carboxylic acids is 1. The summed E-state index contributed by atoms with van der Waals surface area (Å²) in [6.07, 6.45) is 3.97. The number of rotatable bonds is 4. The van der Waals surface area contributed by atoms with Crippen molar-refractivity contribution in [1.29, 1.82) is 0 Å². The third-order valence-electron chi connectivity index (χ3n) is 3.03. The Morgan fingerprint density at radius 2 is 1.84 bits per heavy atom. The number of aromatic nitrogens is 2. The van der Waals surface area contributed by atoms with Gasteiger partial charge in [0.1, 0.15) is 0 Å². The molecule has 0 spiro atoms. The first-order chi connectivity index (χ1) is 8.66. The molecule has 4 heteroatoms. The maximum Gasteiger partial charge on any atom is 0.232 e. The summed E-state index contributed by atoms with van der Waals surface area (Å²) in [6, 6.07) is 9.82. The van der Waals surface area contributed by atoms with Gasteiger partial charge >= 0.3 is 0 Å². The van der Waals surface area contributed by atoms with Crippen LogP contribution in [0.5, 0.6) is 0 Å². The summed E-state index contributed by atoms with van der Waals surface area (Å²) in [4.78, 5) is 12.0. The van der Waals surface area contributed by atoms with Crippen LogP contribution in [-0.2, 0) is 50.5 Å². The van der Waals surface area contributed by atoms with Crippen LogP contribution >= 0.6 is 0 Å². The van der Waals surface area contributed by atoms with Gasteiger partial charge in [-0.3, -0.25) is 4.79 Å². The van der Waals surface area contributed by atoms with E-state index in [0.29, 0.717) is 13.0 Å². The Labute approximate surface area is 138 Å². The minimum absolute atomic E-state index is 0. The quantitative estimate of drug-likeness (QED) is 0.801. The Hall–Kier alpha value is -0.926. The summed E-state index contributed by atoms with van der Waals surface area (Å²) in [5, 5.41) is 4.10. The van der Waals surface area contributed by atoms with Gasteiger partial charge in [0, 0.05) is 45.2 Å². The van der Waals surface area contributed by atoms with Crippen LogP contribution in [0, 0.1) is 13.8 Å². The Bertz CT molecular complexity index is 535.